The average molecular weight is 435 g/mol. The van der Waals surface area contributed by atoms with Crippen LogP contribution in [0.3, 0.4) is 0 Å². The number of rotatable bonds is 5. The summed E-state index contributed by atoms with van der Waals surface area (Å²) >= 11 is 7.04. The summed E-state index contributed by atoms with van der Waals surface area (Å²) in [6.45, 7) is 2.74. The molecule has 6 nitrogen and oxygen atoms in total. The topological polar surface area (TPSA) is 66.5 Å². The third-order valence-electron chi connectivity index (χ3n) is 4.22. The molecule has 2 heterocycles. The number of thiazole rings is 1. The van der Waals surface area contributed by atoms with E-state index < -0.39 is 17.9 Å². The highest BCUT2D eigenvalue weighted by atomic mass is 35.5. The van der Waals surface area contributed by atoms with Gasteiger partial charge in [-0.05, 0) is 11.6 Å². The summed E-state index contributed by atoms with van der Waals surface area (Å²) in [7, 11) is 0. The van der Waals surface area contributed by atoms with E-state index >= 15 is 0 Å². The van der Waals surface area contributed by atoms with Crippen LogP contribution in [0, 0.1) is 0 Å². The molecule has 28 heavy (non-hydrogen) atoms. The summed E-state index contributed by atoms with van der Waals surface area (Å²) in [5, 5.41) is 6.35. The van der Waals surface area contributed by atoms with Crippen LogP contribution in [0.15, 0.2) is 29.6 Å². The molecular formula is C17H18ClF3N4O2S. The number of anilines is 1. The van der Waals surface area contributed by atoms with Crippen LogP contribution < -0.4 is 10.6 Å². The van der Waals surface area contributed by atoms with E-state index in [2.05, 4.69) is 20.5 Å². The van der Waals surface area contributed by atoms with Crippen molar-refractivity contribution in [2.24, 2.45) is 0 Å². The number of ether oxygens (including phenoxy) is 1. The molecule has 1 fully saturated rings. The van der Waals surface area contributed by atoms with Gasteiger partial charge in [-0.2, -0.15) is 13.2 Å². The number of hydrogen-bond donors (Lipinski definition) is 2. The number of halogens is 4. The van der Waals surface area contributed by atoms with Crippen molar-refractivity contribution in [2.75, 3.05) is 38.2 Å². The first-order chi connectivity index (χ1) is 13.3. The largest absolute Gasteiger partial charge is 0.434 e. The van der Waals surface area contributed by atoms with Crippen LogP contribution in [-0.2, 0) is 10.9 Å². The number of carbonyl (C=O) groups is 1. The number of nitrogens with one attached hydrogen (secondary N) is 2. The SMILES string of the molecule is O=C(NCC(c1ccccc1Cl)N1CCOCC1)Nc1nc(C(F)(F)F)cs1. The van der Waals surface area contributed by atoms with Gasteiger partial charge in [0.25, 0.3) is 0 Å². The van der Waals surface area contributed by atoms with Crippen molar-refractivity contribution in [2.45, 2.75) is 12.2 Å². The lowest BCUT2D eigenvalue weighted by Gasteiger charge is -2.35. The molecule has 1 atom stereocenters. The van der Waals surface area contributed by atoms with Crippen LogP contribution in [0.25, 0.3) is 0 Å². The van der Waals surface area contributed by atoms with E-state index in [0.717, 1.165) is 10.9 Å². The molecule has 152 valence electrons. The lowest BCUT2D eigenvalue weighted by Crippen LogP contribution is -2.44. The fourth-order valence-electron chi connectivity index (χ4n) is 2.86. The molecule has 2 amide bonds. The number of carbonyl (C=O) groups excluding carboxylic acids is 1. The fraction of sp³-hybridized carbons (Fsp3) is 0.412. The maximum absolute atomic E-state index is 12.6. The van der Waals surface area contributed by atoms with Crippen LogP contribution in [0.1, 0.15) is 17.3 Å². The zero-order valence-corrected chi connectivity index (χ0v) is 16.2. The van der Waals surface area contributed by atoms with Gasteiger partial charge in [0, 0.05) is 30.0 Å². The number of hydrogen-bond acceptors (Lipinski definition) is 5. The molecule has 2 N–H and O–H groups in total. The fourth-order valence-corrected chi connectivity index (χ4v) is 3.84. The summed E-state index contributed by atoms with van der Waals surface area (Å²) in [5.74, 6) is 0. The predicted octanol–water partition coefficient (Wildman–Crippen LogP) is 4.01. The van der Waals surface area contributed by atoms with E-state index in [-0.39, 0.29) is 17.7 Å². The molecule has 1 unspecified atom stereocenters. The Labute approximate surface area is 168 Å². The van der Waals surface area contributed by atoms with Crippen LogP contribution >= 0.6 is 22.9 Å². The van der Waals surface area contributed by atoms with Crippen LogP contribution in [0.4, 0.5) is 23.1 Å². The zero-order chi connectivity index (χ0) is 20.1. The molecular weight excluding hydrogens is 417 g/mol. The van der Waals surface area contributed by atoms with E-state index in [9.17, 15) is 18.0 Å². The van der Waals surface area contributed by atoms with Gasteiger partial charge < -0.3 is 10.1 Å². The minimum absolute atomic E-state index is 0.120. The van der Waals surface area contributed by atoms with Crippen molar-refractivity contribution in [3.05, 3.63) is 45.9 Å². The lowest BCUT2D eigenvalue weighted by atomic mass is 10.0. The quantitative estimate of drug-likeness (QED) is 0.746. The lowest BCUT2D eigenvalue weighted by molar-refractivity contribution is -0.140. The molecule has 1 aliphatic heterocycles. The number of amides is 2. The molecule has 0 saturated carbocycles. The standard InChI is InChI=1S/C17H18ClF3N4O2S/c18-12-4-2-1-3-11(12)13(25-5-7-27-8-6-25)9-22-15(26)24-16-23-14(10-28-16)17(19,20)21/h1-4,10,13H,5-9H2,(H2,22,23,24,26). The summed E-state index contributed by atoms with van der Waals surface area (Å²) in [6.07, 6.45) is -4.54. The van der Waals surface area contributed by atoms with E-state index in [4.69, 9.17) is 16.3 Å². The summed E-state index contributed by atoms with van der Waals surface area (Å²) < 4.78 is 43.2. The number of aromatic nitrogens is 1. The molecule has 1 saturated heterocycles. The highest BCUT2D eigenvalue weighted by molar-refractivity contribution is 7.13. The third kappa shape index (κ3) is 5.34. The molecule has 0 spiro atoms. The molecule has 11 heteroatoms. The predicted molar refractivity (Wildman–Crippen MR) is 101 cm³/mol. The van der Waals surface area contributed by atoms with Crippen molar-refractivity contribution in [1.82, 2.24) is 15.2 Å². The number of alkyl halides is 3. The molecule has 2 aromatic rings. The monoisotopic (exact) mass is 434 g/mol. The van der Waals surface area contributed by atoms with E-state index in [0.29, 0.717) is 42.7 Å². The average Bonchev–Trinajstić information content (AvgIpc) is 3.13. The van der Waals surface area contributed by atoms with Crippen molar-refractivity contribution >= 4 is 34.1 Å². The summed E-state index contributed by atoms with van der Waals surface area (Å²) in [5.41, 5.74) is -0.171. The second kappa shape index (κ2) is 9.08. The second-order valence-corrected chi connectivity index (χ2v) is 7.32. The Morgan fingerprint density at radius 1 is 1.32 bits per heavy atom. The minimum Gasteiger partial charge on any atom is -0.379 e. The van der Waals surface area contributed by atoms with E-state index in [1.54, 1.807) is 6.07 Å². The number of urea groups is 1. The highest BCUT2D eigenvalue weighted by Gasteiger charge is 2.34. The molecule has 1 aromatic heterocycles. The summed E-state index contributed by atoms with van der Waals surface area (Å²) in [6, 6.07) is 6.53. The van der Waals surface area contributed by atoms with Crippen molar-refractivity contribution in [3.8, 4) is 0 Å². The molecule has 3 rings (SSSR count). The highest BCUT2D eigenvalue weighted by Crippen LogP contribution is 2.31. The third-order valence-corrected chi connectivity index (χ3v) is 5.32. The number of benzene rings is 1. The van der Waals surface area contributed by atoms with Gasteiger partial charge in [-0.1, -0.05) is 29.8 Å². The Bertz CT molecular complexity index is 812. The Balaban J connectivity index is 1.65. The first kappa shape index (κ1) is 20.8. The first-order valence-corrected chi connectivity index (χ1v) is 9.74. The minimum atomic E-state index is -4.54. The van der Waals surface area contributed by atoms with Crippen LogP contribution in [0.5, 0.6) is 0 Å². The van der Waals surface area contributed by atoms with Crippen LogP contribution in [-0.4, -0.2) is 48.8 Å². The van der Waals surface area contributed by atoms with Crippen molar-refractivity contribution < 1.29 is 22.7 Å². The van der Waals surface area contributed by atoms with Gasteiger partial charge >= 0.3 is 12.2 Å². The Morgan fingerprint density at radius 2 is 2.04 bits per heavy atom. The molecule has 0 radical (unpaired) electrons. The second-order valence-electron chi connectivity index (χ2n) is 6.06. The summed E-state index contributed by atoms with van der Waals surface area (Å²) in [4.78, 5) is 17.7. The zero-order valence-electron chi connectivity index (χ0n) is 14.6. The van der Waals surface area contributed by atoms with Gasteiger partial charge in [-0.25, -0.2) is 9.78 Å². The maximum atomic E-state index is 12.6. The van der Waals surface area contributed by atoms with Crippen molar-refractivity contribution in [1.29, 1.82) is 0 Å². The van der Waals surface area contributed by atoms with E-state index in [1.807, 2.05) is 18.2 Å². The molecule has 0 aliphatic carbocycles. The number of nitrogens with zero attached hydrogens (tertiary/aromatic N) is 2. The molecule has 0 bridgehead atoms. The van der Waals surface area contributed by atoms with Gasteiger partial charge in [0.15, 0.2) is 10.8 Å². The van der Waals surface area contributed by atoms with Crippen LogP contribution in [0.2, 0.25) is 5.02 Å². The Kier molecular flexibility index (Phi) is 6.76. The van der Waals surface area contributed by atoms with Crippen molar-refractivity contribution in [3.63, 3.8) is 0 Å². The number of morpholine rings is 1. The van der Waals surface area contributed by atoms with Gasteiger partial charge in [0.05, 0.1) is 19.3 Å². The Hall–Kier alpha value is -1.88. The normalized spacial score (nSPS) is 16.6. The van der Waals surface area contributed by atoms with Gasteiger partial charge in [0.2, 0.25) is 0 Å². The maximum Gasteiger partial charge on any atom is 0.434 e. The molecule has 1 aromatic carbocycles. The van der Waals surface area contributed by atoms with E-state index in [1.165, 1.54) is 0 Å². The van der Waals surface area contributed by atoms with Gasteiger partial charge in [0.1, 0.15) is 0 Å². The Morgan fingerprint density at radius 3 is 2.68 bits per heavy atom. The molecule has 1 aliphatic rings. The van der Waals surface area contributed by atoms with Gasteiger partial charge in [-0.15, -0.1) is 11.3 Å². The smallest absolute Gasteiger partial charge is 0.379 e. The van der Waals surface area contributed by atoms with Gasteiger partial charge in [-0.3, -0.25) is 10.2 Å². The first-order valence-electron chi connectivity index (χ1n) is 8.48.